The van der Waals surface area contributed by atoms with Gasteiger partial charge < -0.3 is 10.2 Å². The number of piperidine rings is 1. The predicted octanol–water partition coefficient (Wildman–Crippen LogP) is 1.37. The molecule has 1 saturated heterocycles. The Labute approximate surface area is 149 Å². The van der Waals surface area contributed by atoms with Crippen LogP contribution in [0.4, 0.5) is 4.79 Å². The first-order valence-electron chi connectivity index (χ1n) is 8.22. The maximum Gasteiger partial charge on any atom is 0.317 e. The van der Waals surface area contributed by atoms with Crippen molar-refractivity contribution in [1.82, 2.24) is 14.5 Å². The fourth-order valence-corrected chi connectivity index (χ4v) is 3.77. The van der Waals surface area contributed by atoms with Gasteiger partial charge in [0.1, 0.15) is 0 Å². The molecule has 136 valence electrons. The van der Waals surface area contributed by atoms with Crippen LogP contribution in [0.15, 0.2) is 24.3 Å². The lowest BCUT2D eigenvalue weighted by Crippen LogP contribution is -2.43. The highest BCUT2D eigenvalue weighted by molar-refractivity contribution is 7.88. The normalized spacial score (nSPS) is 16.2. The molecule has 2 amide bonds. The Morgan fingerprint density at radius 2 is 2.08 bits per heavy atom. The number of hydrogen-bond donors (Lipinski definition) is 1. The minimum Gasteiger partial charge on any atom is -0.338 e. The van der Waals surface area contributed by atoms with Crippen LogP contribution in [0, 0.1) is 17.2 Å². The highest BCUT2D eigenvalue weighted by atomic mass is 32.2. The van der Waals surface area contributed by atoms with E-state index < -0.39 is 10.0 Å². The van der Waals surface area contributed by atoms with Crippen LogP contribution in [0.5, 0.6) is 0 Å². The van der Waals surface area contributed by atoms with E-state index in [-0.39, 0.29) is 11.9 Å². The van der Waals surface area contributed by atoms with Crippen LogP contribution >= 0.6 is 0 Å². The number of hydrogen-bond acceptors (Lipinski definition) is 4. The van der Waals surface area contributed by atoms with E-state index in [1.54, 1.807) is 30.1 Å². The number of nitriles is 1. The van der Waals surface area contributed by atoms with E-state index in [4.69, 9.17) is 5.26 Å². The van der Waals surface area contributed by atoms with Gasteiger partial charge in [-0.05, 0) is 36.5 Å². The van der Waals surface area contributed by atoms with Gasteiger partial charge in [-0.15, -0.1) is 0 Å². The van der Waals surface area contributed by atoms with Gasteiger partial charge in [0.2, 0.25) is 10.0 Å². The number of carbonyl (C=O) groups is 1. The molecular weight excluding hydrogens is 340 g/mol. The van der Waals surface area contributed by atoms with Gasteiger partial charge in [0.15, 0.2) is 0 Å². The van der Waals surface area contributed by atoms with Crippen LogP contribution in [0.3, 0.4) is 0 Å². The number of nitrogens with zero attached hydrogens (tertiary/aromatic N) is 3. The van der Waals surface area contributed by atoms with Crippen molar-refractivity contribution < 1.29 is 13.2 Å². The summed E-state index contributed by atoms with van der Waals surface area (Å²) >= 11 is 0. The van der Waals surface area contributed by atoms with Crippen molar-refractivity contribution in [2.24, 2.45) is 5.92 Å². The molecule has 0 radical (unpaired) electrons. The topological polar surface area (TPSA) is 93.5 Å². The number of rotatable bonds is 5. The minimum atomic E-state index is -3.12. The minimum absolute atomic E-state index is 0.173. The second kappa shape index (κ2) is 8.32. The van der Waals surface area contributed by atoms with Crippen molar-refractivity contribution in [2.75, 3.05) is 32.9 Å². The van der Waals surface area contributed by atoms with Crippen LogP contribution in [0.2, 0.25) is 0 Å². The SMILES string of the molecule is CN(Cc1cccc(C#N)c1)C(=O)NCC1CCN(S(C)(=O)=O)CC1. The van der Waals surface area contributed by atoms with Crippen LogP contribution in [0.25, 0.3) is 0 Å². The Bertz CT molecular complexity index is 749. The van der Waals surface area contributed by atoms with Crippen molar-refractivity contribution in [3.63, 3.8) is 0 Å². The van der Waals surface area contributed by atoms with Gasteiger partial charge in [-0.2, -0.15) is 5.26 Å². The van der Waals surface area contributed by atoms with E-state index in [1.165, 1.54) is 10.6 Å². The van der Waals surface area contributed by atoms with Gasteiger partial charge in [-0.25, -0.2) is 17.5 Å². The van der Waals surface area contributed by atoms with Gasteiger partial charge >= 0.3 is 6.03 Å². The quantitative estimate of drug-likeness (QED) is 0.854. The molecule has 1 aromatic rings. The summed E-state index contributed by atoms with van der Waals surface area (Å²) in [5.41, 5.74) is 1.47. The summed E-state index contributed by atoms with van der Waals surface area (Å²) in [4.78, 5) is 13.8. The first kappa shape index (κ1) is 19.2. The molecule has 1 heterocycles. The first-order valence-corrected chi connectivity index (χ1v) is 10.1. The van der Waals surface area contributed by atoms with Gasteiger partial charge in [-0.1, -0.05) is 12.1 Å². The molecule has 2 rings (SSSR count). The third-order valence-corrected chi connectivity index (χ3v) is 5.71. The molecular formula is C17H24N4O3S. The number of benzene rings is 1. The summed E-state index contributed by atoms with van der Waals surface area (Å²) in [7, 11) is -1.41. The van der Waals surface area contributed by atoms with E-state index in [2.05, 4.69) is 11.4 Å². The number of urea groups is 1. The number of sulfonamides is 1. The lowest BCUT2D eigenvalue weighted by Gasteiger charge is -2.30. The zero-order valence-corrected chi connectivity index (χ0v) is 15.4. The largest absolute Gasteiger partial charge is 0.338 e. The van der Waals surface area contributed by atoms with Crippen molar-refractivity contribution in [1.29, 1.82) is 5.26 Å². The predicted molar refractivity (Wildman–Crippen MR) is 95.2 cm³/mol. The summed E-state index contributed by atoms with van der Waals surface area (Å²) in [6.45, 7) is 1.99. The Kier molecular flexibility index (Phi) is 6.39. The second-order valence-corrected chi connectivity index (χ2v) is 8.44. The Morgan fingerprint density at radius 3 is 2.68 bits per heavy atom. The van der Waals surface area contributed by atoms with Crippen LogP contribution in [0.1, 0.15) is 24.0 Å². The molecule has 1 aliphatic heterocycles. The van der Waals surface area contributed by atoms with E-state index in [0.717, 1.165) is 18.4 Å². The summed E-state index contributed by atoms with van der Waals surface area (Å²) in [5, 5.41) is 11.8. The third-order valence-electron chi connectivity index (χ3n) is 4.41. The molecule has 1 aliphatic rings. The smallest absolute Gasteiger partial charge is 0.317 e. The molecule has 0 spiro atoms. The molecule has 7 nitrogen and oxygen atoms in total. The molecule has 1 N–H and O–H groups in total. The number of nitrogens with one attached hydrogen (secondary N) is 1. The molecule has 0 aliphatic carbocycles. The van der Waals surface area contributed by atoms with Crippen molar-refractivity contribution in [2.45, 2.75) is 19.4 Å². The standard InChI is InChI=1S/C17H24N4O3S/c1-20(13-16-5-3-4-15(10-16)11-18)17(22)19-12-14-6-8-21(9-7-14)25(2,23)24/h3-5,10,14H,6-9,12-13H2,1-2H3,(H,19,22). The van der Waals surface area contributed by atoms with Gasteiger partial charge in [0.25, 0.3) is 0 Å². The molecule has 0 bridgehead atoms. The highest BCUT2D eigenvalue weighted by Gasteiger charge is 2.25. The second-order valence-electron chi connectivity index (χ2n) is 6.46. The lowest BCUT2D eigenvalue weighted by molar-refractivity contribution is 0.200. The Hall–Kier alpha value is -2.11. The summed E-state index contributed by atoms with van der Waals surface area (Å²) in [5.74, 6) is 0.289. The molecule has 1 aromatic carbocycles. The zero-order valence-electron chi connectivity index (χ0n) is 14.6. The molecule has 0 unspecified atom stereocenters. The first-order chi connectivity index (χ1) is 11.8. The van der Waals surface area contributed by atoms with E-state index in [9.17, 15) is 13.2 Å². The average Bonchev–Trinajstić information content (AvgIpc) is 2.59. The zero-order chi connectivity index (χ0) is 18.4. The van der Waals surface area contributed by atoms with Gasteiger partial charge in [-0.3, -0.25) is 0 Å². The van der Waals surface area contributed by atoms with Crippen LogP contribution < -0.4 is 5.32 Å². The van der Waals surface area contributed by atoms with E-state index >= 15 is 0 Å². The van der Waals surface area contributed by atoms with Crippen molar-refractivity contribution in [3.05, 3.63) is 35.4 Å². The summed E-state index contributed by atoms with van der Waals surface area (Å²) in [6.07, 6.45) is 2.73. The van der Waals surface area contributed by atoms with Crippen molar-refractivity contribution >= 4 is 16.1 Å². The number of amides is 2. The van der Waals surface area contributed by atoms with Gasteiger partial charge in [0, 0.05) is 33.2 Å². The molecule has 8 heteroatoms. The highest BCUT2D eigenvalue weighted by Crippen LogP contribution is 2.18. The summed E-state index contributed by atoms with van der Waals surface area (Å²) in [6, 6.07) is 9.09. The van der Waals surface area contributed by atoms with E-state index in [0.29, 0.717) is 31.7 Å². The molecule has 1 fully saturated rings. The molecule has 0 aromatic heterocycles. The monoisotopic (exact) mass is 364 g/mol. The fourth-order valence-electron chi connectivity index (χ4n) is 2.90. The van der Waals surface area contributed by atoms with Crippen LogP contribution in [-0.2, 0) is 16.6 Å². The molecule has 25 heavy (non-hydrogen) atoms. The third kappa shape index (κ3) is 5.73. The molecule has 0 atom stereocenters. The summed E-state index contributed by atoms with van der Waals surface area (Å²) < 4.78 is 24.5. The Morgan fingerprint density at radius 1 is 1.40 bits per heavy atom. The van der Waals surface area contributed by atoms with Gasteiger partial charge in [0.05, 0.1) is 17.9 Å². The molecule has 0 saturated carbocycles. The van der Waals surface area contributed by atoms with E-state index in [1.807, 2.05) is 6.07 Å². The van der Waals surface area contributed by atoms with Crippen molar-refractivity contribution in [3.8, 4) is 6.07 Å². The average molecular weight is 364 g/mol. The Balaban J connectivity index is 1.77. The number of carbonyl (C=O) groups excluding carboxylic acids is 1. The fraction of sp³-hybridized carbons (Fsp3) is 0.529. The lowest BCUT2D eigenvalue weighted by atomic mass is 9.98. The van der Waals surface area contributed by atoms with Crippen LogP contribution in [-0.4, -0.2) is 56.6 Å². The maximum atomic E-state index is 12.2. The maximum absolute atomic E-state index is 12.2.